The molecule has 2 aromatic rings. The standard InChI is InChI=1S/C26H29N7/c1-26-14-3-2-9-22(26)31-23(32-26)17-33(16-18-10-12-20(13-11-18)30-25(27)28)21-8-4-6-19-7-5-15-29-24(19)21/h2-3,5,7-13,15H,4,6,14,16-17H2,1H3,(H,31,32)(H4,27,28,30). The Morgan fingerprint density at radius 3 is 2.82 bits per heavy atom. The van der Waals surface area contributed by atoms with Gasteiger partial charge >= 0.3 is 0 Å². The van der Waals surface area contributed by atoms with Crippen molar-refractivity contribution in [3.8, 4) is 0 Å². The number of allylic oxidation sites excluding steroid dienone is 3. The Balaban J connectivity index is 1.45. The van der Waals surface area contributed by atoms with Crippen LogP contribution in [0.4, 0.5) is 5.69 Å². The molecule has 5 rings (SSSR count). The average molecular weight is 440 g/mol. The average Bonchev–Trinajstić information content (AvgIpc) is 3.15. The van der Waals surface area contributed by atoms with Gasteiger partial charge in [0.25, 0.3) is 0 Å². The molecule has 0 spiro atoms. The molecule has 0 fully saturated rings. The molecule has 0 saturated carbocycles. The number of hydrogen-bond acceptors (Lipinski definition) is 5. The number of hydrogen-bond donors (Lipinski definition) is 3. The van der Waals surface area contributed by atoms with Crippen LogP contribution >= 0.6 is 0 Å². The highest BCUT2D eigenvalue weighted by atomic mass is 15.2. The van der Waals surface area contributed by atoms with E-state index in [-0.39, 0.29) is 11.5 Å². The summed E-state index contributed by atoms with van der Waals surface area (Å²) in [7, 11) is 0. The van der Waals surface area contributed by atoms with Crippen LogP contribution in [0.25, 0.3) is 5.70 Å². The van der Waals surface area contributed by atoms with Gasteiger partial charge in [0.15, 0.2) is 5.96 Å². The summed E-state index contributed by atoms with van der Waals surface area (Å²) in [6, 6.07) is 12.2. The lowest BCUT2D eigenvalue weighted by molar-refractivity contribution is 0.436. The molecule has 1 aliphatic heterocycles. The number of benzene rings is 1. The number of amidine groups is 1. The Hall–Kier alpha value is -3.87. The lowest BCUT2D eigenvalue weighted by atomic mass is 9.91. The van der Waals surface area contributed by atoms with Crippen molar-refractivity contribution >= 4 is 23.2 Å². The van der Waals surface area contributed by atoms with Crippen LogP contribution in [0.1, 0.15) is 36.6 Å². The first-order chi connectivity index (χ1) is 16.0. The van der Waals surface area contributed by atoms with Crippen molar-refractivity contribution in [1.29, 1.82) is 0 Å². The summed E-state index contributed by atoms with van der Waals surface area (Å²) in [6.45, 7) is 3.58. The summed E-state index contributed by atoms with van der Waals surface area (Å²) in [5.74, 6) is 1.04. The van der Waals surface area contributed by atoms with Gasteiger partial charge in [0.1, 0.15) is 11.4 Å². The van der Waals surface area contributed by atoms with E-state index in [0.717, 1.165) is 60.0 Å². The van der Waals surface area contributed by atoms with Crippen molar-refractivity contribution in [2.24, 2.45) is 21.5 Å². The normalized spacial score (nSPS) is 20.6. The highest BCUT2D eigenvalue weighted by Crippen LogP contribution is 2.33. The number of fused-ring (bicyclic) bond motifs is 2. The molecule has 0 saturated heterocycles. The van der Waals surface area contributed by atoms with Gasteiger partial charge < -0.3 is 21.7 Å². The third-order valence-electron chi connectivity index (χ3n) is 6.29. The van der Waals surface area contributed by atoms with Crippen LogP contribution in [0.15, 0.2) is 82.6 Å². The summed E-state index contributed by atoms with van der Waals surface area (Å²) in [5, 5.41) is 3.57. The predicted molar refractivity (Wildman–Crippen MR) is 134 cm³/mol. The fourth-order valence-electron chi connectivity index (χ4n) is 4.65. The zero-order valence-electron chi connectivity index (χ0n) is 18.8. The minimum absolute atomic E-state index is 0.0588. The fraction of sp³-hybridized carbons (Fsp3) is 0.269. The number of guanidine groups is 1. The smallest absolute Gasteiger partial charge is 0.191 e. The van der Waals surface area contributed by atoms with Crippen LogP contribution < -0.4 is 16.8 Å². The number of aryl methyl sites for hydroxylation is 1. The zero-order valence-corrected chi connectivity index (χ0v) is 18.8. The van der Waals surface area contributed by atoms with Gasteiger partial charge in [0.05, 0.1) is 23.6 Å². The number of aliphatic imine (C=N–C) groups is 2. The van der Waals surface area contributed by atoms with E-state index in [1.165, 1.54) is 5.56 Å². The molecule has 1 aromatic heterocycles. The molecule has 2 aliphatic carbocycles. The van der Waals surface area contributed by atoms with E-state index < -0.39 is 0 Å². The first kappa shape index (κ1) is 21.0. The zero-order chi connectivity index (χ0) is 22.8. The molecule has 168 valence electrons. The highest BCUT2D eigenvalue weighted by molar-refractivity contribution is 5.90. The van der Waals surface area contributed by atoms with Gasteiger partial charge in [0, 0.05) is 18.4 Å². The Kier molecular flexibility index (Phi) is 5.46. The van der Waals surface area contributed by atoms with E-state index in [9.17, 15) is 0 Å². The molecular weight excluding hydrogens is 410 g/mol. The molecule has 0 radical (unpaired) electrons. The van der Waals surface area contributed by atoms with Crippen molar-refractivity contribution in [3.63, 3.8) is 0 Å². The molecular formula is C26H29N7. The maximum absolute atomic E-state index is 5.51. The second kappa shape index (κ2) is 8.58. The van der Waals surface area contributed by atoms with Crippen molar-refractivity contribution in [2.45, 2.75) is 38.3 Å². The third-order valence-corrected chi connectivity index (χ3v) is 6.29. The first-order valence-electron chi connectivity index (χ1n) is 11.3. The van der Waals surface area contributed by atoms with E-state index in [0.29, 0.717) is 6.54 Å². The minimum Gasteiger partial charge on any atom is -0.370 e. The minimum atomic E-state index is -0.200. The number of nitrogens with two attached hydrogens (primary N) is 2. The van der Waals surface area contributed by atoms with Gasteiger partial charge in [-0.1, -0.05) is 36.4 Å². The van der Waals surface area contributed by atoms with E-state index in [4.69, 9.17) is 21.4 Å². The Morgan fingerprint density at radius 1 is 1.18 bits per heavy atom. The number of aromatic nitrogens is 1. The van der Waals surface area contributed by atoms with Gasteiger partial charge in [-0.2, -0.15) is 0 Å². The number of nitrogens with one attached hydrogen (secondary N) is 1. The van der Waals surface area contributed by atoms with Gasteiger partial charge in [0.2, 0.25) is 0 Å². The topological polar surface area (TPSA) is 105 Å². The molecule has 0 bridgehead atoms. The molecule has 33 heavy (non-hydrogen) atoms. The summed E-state index contributed by atoms with van der Waals surface area (Å²) >= 11 is 0. The summed E-state index contributed by atoms with van der Waals surface area (Å²) in [4.78, 5) is 16.3. The van der Waals surface area contributed by atoms with Crippen LogP contribution in [0.3, 0.4) is 0 Å². The Morgan fingerprint density at radius 2 is 2.03 bits per heavy atom. The summed E-state index contributed by atoms with van der Waals surface area (Å²) < 4.78 is 0. The van der Waals surface area contributed by atoms with Crippen molar-refractivity contribution in [2.75, 3.05) is 6.54 Å². The van der Waals surface area contributed by atoms with E-state index in [1.54, 1.807) is 0 Å². The Labute approximate surface area is 194 Å². The van der Waals surface area contributed by atoms with Crippen LogP contribution in [0.5, 0.6) is 0 Å². The van der Waals surface area contributed by atoms with E-state index in [2.05, 4.69) is 64.6 Å². The van der Waals surface area contributed by atoms with Crippen LogP contribution in [-0.4, -0.2) is 33.8 Å². The Bertz CT molecular complexity index is 1200. The third kappa shape index (κ3) is 4.39. The number of nitrogens with zero attached hydrogens (tertiary/aromatic N) is 4. The van der Waals surface area contributed by atoms with Crippen LogP contribution in [-0.2, 0) is 13.0 Å². The molecule has 0 amide bonds. The lowest BCUT2D eigenvalue weighted by Gasteiger charge is -2.30. The van der Waals surface area contributed by atoms with Gasteiger partial charge in [-0.3, -0.25) is 9.98 Å². The highest BCUT2D eigenvalue weighted by Gasteiger charge is 2.35. The molecule has 7 heteroatoms. The van der Waals surface area contributed by atoms with Gasteiger partial charge in [-0.05, 0) is 61.6 Å². The maximum atomic E-state index is 5.51. The largest absolute Gasteiger partial charge is 0.370 e. The van der Waals surface area contributed by atoms with E-state index >= 15 is 0 Å². The second-order valence-corrected chi connectivity index (χ2v) is 8.87. The van der Waals surface area contributed by atoms with Gasteiger partial charge in [-0.25, -0.2) is 4.99 Å². The molecule has 1 unspecified atom stereocenters. The first-order valence-corrected chi connectivity index (χ1v) is 11.3. The number of pyridine rings is 1. The van der Waals surface area contributed by atoms with Crippen molar-refractivity contribution < 1.29 is 0 Å². The lowest BCUT2D eigenvalue weighted by Crippen LogP contribution is -2.35. The fourth-order valence-corrected chi connectivity index (χ4v) is 4.65. The molecule has 1 atom stereocenters. The quantitative estimate of drug-likeness (QED) is 0.473. The molecule has 7 nitrogen and oxygen atoms in total. The number of rotatable bonds is 6. The van der Waals surface area contributed by atoms with Gasteiger partial charge in [-0.15, -0.1) is 0 Å². The van der Waals surface area contributed by atoms with Crippen molar-refractivity contribution in [3.05, 3.63) is 89.4 Å². The van der Waals surface area contributed by atoms with Crippen molar-refractivity contribution in [1.82, 2.24) is 15.2 Å². The molecule has 3 aliphatic rings. The summed E-state index contributed by atoms with van der Waals surface area (Å²) in [5.41, 5.74) is 17.4. The van der Waals surface area contributed by atoms with Crippen LogP contribution in [0.2, 0.25) is 0 Å². The monoisotopic (exact) mass is 439 g/mol. The maximum Gasteiger partial charge on any atom is 0.191 e. The predicted octanol–water partition coefficient (Wildman–Crippen LogP) is 3.38. The SMILES string of the molecule is CC12CC=CC=C1NC(CN(Cc1ccc(N=C(N)N)cc1)C1=CCCc3cccnc31)=N2. The summed E-state index contributed by atoms with van der Waals surface area (Å²) in [6.07, 6.45) is 13.5. The second-order valence-electron chi connectivity index (χ2n) is 8.87. The van der Waals surface area contributed by atoms with Crippen LogP contribution in [0, 0.1) is 0 Å². The molecule has 2 heterocycles. The van der Waals surface area contributed by atoms with E-state index in [1.807, 2.05) is 24.4 Å². The molecule has 1 aromatic carbocycles. The molecule has 5 N–H and O–H groups in total.